The first-order valence-electron chi connectivity index (χ1n) is 8.59. The number of para-hydroxylation sites is 1. The van der Waals surface area contributed by atoms with Gasteiger partial charge < -0.3 is 14.5 Å². The standard InChI is InChI=1S/C19H23N3O2/c1-13-16(15-4-2-3-5-17(15)24-13)12-22-10-6-14(7-11-22)18(23)19-20-8-9-21-19/h2-5,8-9,14,18,23H,6-7,10-12H2,1H3,(H,20,21). The van der Waals surface area contributed by atoms with Crippen LogP contribution >= 0.6 is 0 Å². The van der Waals surface area contributed by atoms with Crippen LogP contribution in [0.4, 0.5) is 0 Å². The molecule has 126 valence electrons. The molecule has 0 radical (unpaired) electrons. The minimum Gasteiger partial charge on any atom is -0.461 e. The topological polar surface area (TPSA) is 65.3 Å². The molecule has 1 aliphatic heterocycles. The van der Waals surface area contributed by atoms with Gasteiger partial charge in [0.15, 0.2) is 0 Å². The number of nitrogens with one attached hydrogen (secondary N) is 1. The molecule has 1 aromatic carbocycles. The number of nitrogens with zero attached hydrogens (tertiary/aromatic N) is 2. The van der Waals surface area contributed by atoms with E-state index in [2.05, 4.69) is 27.0 Å². The SMILES string of the molecule is Cc1oc2ccccc2c1CN1CCC(C(O)c2ncc[nH]2)CC1. The Morgan fingerprint density at radius 3 is 2.88 bits per heavy atom. The summed E-state index contributed by atoms with van der Waals surface area (Å²) >= 11 is 0. The zero-order valence-electron chi connectivity index (χ0n) is 13.9. The van der Waals surface area contributed by atoms with E-state index in [0.717, 1.165) is 43.8 Å². The van der Waals surface area contributed by atoms with Gasteiger partial charge in [-0.05, 0) is 44.8 Å². The number of imidazole rings is 1. The third-order valence-corrected chi connectivity index (χ3v) is 5.16. The van der Waals surface area contributed by atoms with Crippen molar-refractivity contribution in [3.8, 4) is 0 Å². The third-order valence-electron chi connectivity index (χ3n) is 5.16. The van der Waals surface area contributed by atoms with E-state index in [-0.39, 0.29) is 5.92 Å². The Morgan fingerprint density at radius 2 is 2.12 bits per heavy atom. The highest BCUT2D eigenvalue weighted by Gasteiger charge is 2.28. The van der Waals surface area contributed by atoms with Crippen molar-refractivity contribution < 1.29 is 9.52 Å². The fraction of sp³-hybridized carbons (Fsp3) is 0.421. The lowest BCUT2D eigenvalue weighted by Gasteiger charge is -2.33. The number of furan rings is 1. The summed E-state index contributed by atoms with van der Waals surface area (Å²) in [5.74, 6) is 1.97. The van der Waals surface area contributed by atoms with Crippen molar-refractivity contribution in [1.29, 1.82) is 0 Å². The van der Waals surface area contributed by atoms with E-state index in [9.17, 15) is 5.11 Å². The second-order valence-corrected chi connectivity index (χ2v) is 6.67. The molecule has 1 aliphatic rings. The van der Waals surface area contributed by atoms with Gasteiger partial charge in [-0.1, -0.05) is 18.2 Å². The molecule has 0 aliphatic carbocycles. The van der Waals surface area contributed by atoms with Crippen molar-refractivity contribution >= 4 is 11.0 Å². The van der Waals surface area contributed by atoms with Crippen LogP contribution < -0.4 is 0 Å². The first-order valence-corrected chi connectivity index (χ1v) is 8.59. The average molecular weight is 325 g/mol. The summed E-state index contributed by atoms with van der Waals surface area (Å²) in [5.41, 5.74) is 2.25. The second-order valence-electron chi connectivity index (χ2n) is 6.67. The summed E-state index contributed by atoms with van der Waals surface area (Å²) in [7, 11) is 0. The summed E-state index contributed by atoms with van der Waals surface area (Å²) in [4.78, 5) is 9.66. The van der Waals surface area contributed by atoms with Crippen molar-refractivity contribution in [2.75, 3.05) is 13.1 Å². The number of hydrogen-bond acceptors (Lipinski definition) is 4. The lowest BCUT2D eigenvalue weighted by Crippen LogP contribution is -2.35. The number of aromatic nitrogens is 2. The van der Waals surface area contributed by atoms with E-state index in [4.69, 9.17) is 4.42 Å². The van der Waals surface area contributed by atoms with Crippen LogP contribution in [-0.2, 0) is 6.54 Å². The number of H-pyrrole nitrogens is 1. The smallest absolute Gasteiger partial charge is 0.135 e. The first-order chi connectivity index (χ1) is 11.7. The molecule has 0 bridgehead atoms. The molecule has 24 heavy (non-hydrogen) atoms. The largest absolute Gasteiger partial charge is 0.461 e. The Kier molecular flexibility index (Phi) is 4.12. The predicted octanol–water partition coefficient (Wildman–Crippen LogP) is 3.41. The molecule has 0 amide bonds. The number of aryl methyl sites for hydroxylation is 1. The summed E-state index contributed by atoms with van der Waals surface area (Å²) in [6, 6.07) is 8.23. The Balaban J connectivity index is 1.42. The first kappa shape index (κ1) is 15.4. The fourth-order valence-corrected chi connectivity index (χ4v) is 3.73. The van der Waals surface area contributed by atoms with Crippen LogP contribution in [0.5, 0.6) is 0 Å². The van der Waals surface area contributed by atoms with E-state index in [1.807, 2.05) is 19.1 Å². The number of aliphatic hydroxyl groups excluding tert-OH is 1. The minimum atomic E-state index is -0.487. The van der Waals surface area contributed by atoms with Gasteiger partial charge in [0.1, 0.15) is 23.3 Å². The van der Waals surface area contributed by atoms with E-state index in [1.54, 1.807) is 12.4 Å². The van der Waals surface area contributed by atoms with Crippen LogP contribution in [0, 0.1) is 12.8 Å². The molecule has 1 unspecified atom stereocenters. The second kappa shape index (κ2) is 6.42. The number of aliphatic hydroxyl groups is 1. The summed E-state index contributed by atoms with van der Waals surface area (Å²) in [6.45, 7) is 4.93. The van der Waals surface area contributed by atoms with Gasteiger partial charge in [-0.15, -0.1) is 0 Å². The predicted molar refractivity (Wildman–Crippen MR) is 92.5 cm³/mol. The number of likely N-dealkylation sites (tertiary alicyclic amines) is 1. The number of fused-ring (bicyclic) bond motifs is 1. The van der Waals surface area contributed by atoms with Crippen LogP contribution in [-0.4, -0.2) is 33.1 Å². The zero-order chi connectivity index (χ0) is 16.5. The Bertz CT molecular complexity index is 801. The maximum Gasteiger partial charge on any atom is 0.135 e. The van der Waals surface area contributed by atoms with Crippen LogP contribution in [0.3, 0.4) is 0 Å². The fourth-order valence-electron chi connectivity index (χ4n) is 3.73. The van der Waals surface area contributed by atoms with Gasteiger partial charge in [0.2, 0.25) is 0 Å². The van der Waals surface area contributed by atoms with Crippen LogP contribution in [0.15, 0.2) is 41.1 Å². The van der Waals surface area contributed by atoms with Gasteiger partial charge in [-0.25, -0.2) is 4.98 Å². The van der Waals surface area contributed by atoms with E-state index in [0.29, 0.717) is 5.82 Å². The molecular formula is C19H23N3O2. The highest BCUT2D eigenvalue weighted by Crippen LogP contribution is 2.31. The van der Waals surface area contributed by atoms with Crippen molar-refractivity contribution in [1.82, 2.24) is 14.9 Å². The molecule has 0 spiro atoms. The number of benzene rings is 1. The third kappa shape index (κ3) is 2.85. The summed E-state index contributed by atoms with van der Waals surface area (Å²) in [6.07, 6.45) is 4.94. The van der Waals surface area contributed by atoms with E-state index >= 15 is 0 Å². The molecule has 3 aromatic rings. The van der Waals surface area contributed by atoms with E-state index in [1.165, 1.54) is 10.9 Å². The zero-order valence-corrected chi connectivity index (χ0v) is 13.9. The number of rotatable bonds is 4. The molecule has 5 heteroatoms. The molecule has 1 saturated heterocycles. The Hall–Kier alpha value is -2.11. The van der Waals surface area contributed by atoms with Crippen molar-refractivity contribution in [3.05, 3.63) is 53.8 Å². The van der Waals surface area contributed by atoms with Crippen molar-refractivity contribution in [3.63, 3.8) is 0 Å². The summed E-state index contributed by atoms with van der Waals surface area (Å²) in [5, 5.41) is 11.7. The molecule has 2 aromatic heterocycles. The molecule has 1 fully saturated rings. The number of aromatic amines is 1. The average Bonchev–Trinajstić information content (AvgIpc) is 3.24. The highest BCUT2D eigenvalue weighted by atomic mass is 16.3. The quantitative estimate of drug-likeness (QED) is 0.771. The normalized spacial score (nSPS) is 18.2. The van der Waals surface area contributed by atoms with Gasteiger partial charge in [0.05, 0.1) is 0 Å². The highest BCUT2D eigenvalue weighted by molar-refractivity contribution is 5.82. The van der Waals surface area contributed by atoms with E-state index < -0.39 is 6.10 Å². The Labute approximate surface area is 141 Å². The van der Waals surface area contributed by atoms with Crippen molar-refractivity contribution in [2.24, 2.45) is 5.92 Å². The van der Waals surface area contributed by atoms with Crippen molar-refractivity contribution in [2.45, 2.75) is 32.4 Å². The number of hydrogen-bond donors (Lipinski definition) is 2. The monoisotopic (exact) mass is 325 g/mol. The van der Waals surface area contributed by atoms with Crippen LogP contribution in [0.2, 0.25) is 0 Å². The lowest BCUT2D eigenvalue weighted by atomic mass is 9.90. The maximum atomic E-state index is 10.4. The molecule has 2 N–H and O–H groups in total. The van der Waals surface area contributed by atoms with Gasteiger partial charge in [0.25, 0.3) is 0 Å². The van der Waals surface area contributed by atoms with Crippen LogP contribution in [0.25, 0.3) is 11.0 Å². The van der Waals surface area contributed by atoms with Gasteiger partial charge in [-0.3, -0.25) is 4.90 Å². The number of piperidine rings is 1. The summed E-state index contributed by atoms with van der Waals surface area (Å²) < 4.78 is 5.87. The van der Waals surface area contributed by atoms with Gasteiger partial charge in [0, 0.05) is 29.9 Å². The van der Waals surface area contributed by atoms with Gasteiger partial charge >= 0.3 is 0 Å². The molecule has 1 atom stereocenters. The molecule has 3 heterocycles. The van der Waals surface area contributed by atoms with Gasteiger partial charge in [-0.2, -0.15) is 0 Å². The molecule has 5 nitrogen and oxygen atoms in total. The Morgan fingerprint density at radius 1 is 1.33 bits per heavy atom. The van der Waals surface area contributed by atoms with Crippen LogP contribution in [0.1, 0.15) is 36.1 Å². The molecule has 0 saturated carbocycles. The maximum absolute atomic E-state index is 10.4. The molecular weight excluding hydrogens is 302 g/mol. The lowest BCUT2D eigenvalue weighted by molar-refractivity contribution is 0.0515. The molecule has 4 rings (SSSR count). The minimum absolute atomic E-state index is 0.273.